The van der Waals surface area contributed by atoms with Crippen LogP contribution >= 0.6 is 0 Å². The van der Waals surface area contributed by atoms with Crippen molar-refractivity contribution in [3.8, 4) is 67.1 Å². The van der Waals surface area contributed by atoms with Gasteiger partial charge in [-0.1, -0.05) is 140 Å². The monoisotopic (exact) mass is 522 g/mol. The molecule has 0 spiro atoms. The van der Waals surface area contributed by atoms with Crippen molar-refractivity contribution in [3.63, 3.8) is 0 Å². The van der Waals surface area contributed by atoms with Crippen molar-refractivity contribution in [2.75, 3.05) is 0 Å². The Morgan fingerprint density at radius 2 is 0.805 bits per heavy atom. The van der Waals surface area contributed by atoms with Crippen LogP contribution in [0.1, 0.15) is 0 Å². The van der Waals surface area contributed by atoms with E-state index in [9.17, 15) is 0 Å². The molecule has 1 heteroatoms. The number of fused-ring (bicyclic) bond motifs is 2. The summed E-state index contributed by atoms with van der Waals surface area (Å²) in [5.74, 6) is 1.82. The fraction of sp³-hybridized carbons (Fsp3) is 0. The zero-order chi connectivity index (χ0) is 27.2. The van der Waals surface area contributed by atoms with E-state index in [4.69, 9.17) is 4.74 Å². The molecular weight excluding hydrogens is 496 g/mol. The standard InChI is InChI=1S/C40H26O/c1-2-12-27(13-3-1)30-16-4-6-18-32(30)34-20-8-9-21-35(34)33-19-7-5-17-31(33)29-24-25-38-37(26-29)36-22-10-14-28-15-11-23-39(41-38)40(28)36/h1-26H. The second-order valence-corrected chi connectivity index (χ2v) is 10.5. The maximum Gasteiger partial charge on any atom is 0.135 e. The third-order valence-electron chi connectivity index (χ3n) is 8.11. The highest BCUT2D eigenvalue weighted by atomic mass is 16.5. The first-order valence-electron chi connectivity index (χ1n) is 14.0. The van der Waals surface area contributed by atoms with E-state index in [1.807, 2.05) is 0 Å². The summed E-state index contributed by atoms with van der Waals surface area (Å²) in [5.41, 5.74) is 12.0. The lowest BCUT2D eigenvalue weighted by atomic mass is 9.86. The van der Waals surface area contributed by atoms with Crippen LogP contribution in [0.5, 0.6) is 11.5 Å². The molecule has 0 atom stereocenters. The summed E-state index contributed by atoms with van der Waals surface area (Å²) in [6, 6.07) is 56.2. The summed E-state index contributed by atoms with van der Waals surface area (Å²) in [6.07, 6.45) is 0. The fourth-order valence-electron chi connectivity index (χ4n) is 6.24. The second-order valence-electron chi connectivity index (χ2n) is 10.5. The van der Waals surface area contributed by atoms with Gasteiger partial charge in [-0.2, -0.15) is 0 Å². The number of hydrogen-bond acceptors (Lipinski definition) is 1. The van der Waals surface area contributed by atoms with Gasteiger partial charge in [0.2, 0.25) is 0 Å². The third-order valence-corrected chi connectivity index (χ3v) is 8.11. The lowest BCUT2D eigenvalue weighted by Crippen LogP contribution is -1.97. The van der Waals surface area contributed by atoms with Gasteiger partial charge in [0.15, 0.2) is 0 Å². The minimum atomic E-state index is 0.898. The predicted molar refractivity (Wildman–Crippen MR) is 171 cm³/mol. The molecule has 0 saturated carbocycles. The van der Waals surface area contributed by atoms with E-state index in [0.717, 1.165) is 17.1 Å². The van der Waals surface area contributed by atoms with Gasteiger partial charge in [0, 0.05) is 10.9 Å². The Hall–Kier alpha value is -5.40. The minimum absolute atomic E-state index is 0.898. The average Bonchev–Trinajstić information content (AvgIpc) is 3.05. The second kappa shape index (κ2) is 9.66. The van der Waals surface area contributed by atoms with E-state index < -0.39 is 0 Å². The summed E-state index contributed by atoms with van der Waals surface area (Å²) < 4.78 is 6.39. The van der Waals surface area contributed by atoms with Crippen molar-refractivity contribution in [1.29, 1.82) is 0 Å². The maximum absolute atomic E-state index is 6.39. The van der Waals surface area contributed by atoms with Crippen LogP contribution in [0.3, 0.4) is 0 Å². The predicted octanol–water partition coefficient (Wildman–Crippen LogP) is 11.3. The highest BCUT2D eigenvalue weighted by molar-refractivity contribution is 6.05. The lowest BCUT2D eigenvalue weighted by Gasteiger charge is -2.22. The van der Waals surface area contributed by atoms with Crippen LogP contribution in [-0.4, -0.2) is 0 Å². The van der Waals surface area contributed by atoms with E-state index in [-0.39, 0.29) is 0 Å². The van der Waals surface area contributed by atoms with Gasteiger partial charge in [-0.25, -0.2) is 0 Å². The molecule has 0 radical (unpaired) electrons. The minimum Gasteiger partial charge on any atom is -0.456 e. The molecule has 0 fully saturated rings. The van der Waals surface area contributed by atoms with Crippen LogP contribution in [0.25, 0.3) is 66.4 Å². The third kappa shape index (κ3) is 3.94. The molecule has 8 rings (SSSR count). The molecule has 0 N–H and O–H groups in total. The molecule has 0 aliphatic carbocycles. The van der Waals surface area contributed by atoms with Crippen molar-refractivity contribution >= 4 is 10.8 Å². The van der Waals surface area contributed by atoms with Crippen molar-refractivity contribution < 1.29 is 4.74 Å². The summed E-state index contributed by atoms with van der Waals surface area (Å²) in [4.78, 5) is 0. The van der Waals surface area contributed by atoms with Gasteiger partial charge in [-0.15, -0.1) is 0 Å². The van der Waals surface area contributed by atoms with Gasteiger partial charge in [-0.05, 0) is 73.7 Å². The molecule has 1 heterocycles. The zero-order valence-corrected chi connectivity index (χ0v) is 22.4. The average molecular weight is 523 g/mol. The smallest absolute Gasteiger partial charge is 0.135 e. The highest BCUT2D eigenvalue weighted by Gasteiger charge is 2.21. The number of hydrogen-bond donors (Lipinski definition) is 0. The molecule has 7 aromatic rings. The Kier molecular flexibility index (Phi) is 5.53. The molecule has 1 aliphatic rings. The van der Waals surface area contributed by atoms with Crippen LogP contribution in [0.4, 0.5) is 0 Å². The van der Waals surface area contributed by atoms with Crippen LogP contribution in [0.2, 0.25) is 0 Å². The normalized spacial score (nSPS) is 11.6. The molecule has 0 aromatic heterocycles. The van der Waals surface area contributed by atoms with Crippen molar-refractivity contribution in [2.45, 2.75) is 0 Å². The molecule has 41 heavy (non-hydrogen) atoms. The first-order chi connectivity index (χ1) is 20.3. The Labute approximate surface area is 240 Å². The Morgan fingerprint density at radius 3 is 1.46 bits per heavy atom. The topological polar surface area (TPSA) is 9.23 Å². The van der Waals surface area contributed by atoms with Crippen molar-refractivity contribution in [2.24, 2.45) is 0 Å². The van der Waals surface area contributed by atoms with Crippen LogP contribution in [0.15, 0.2) is 158 Å². The summed E-state index contributed by atoms with van der Waals surface area (Å²) >= 11 is 0. The molecule has 0 saturated heterocycles. The Bertz CT molecular complexity index is 2060. The van der Waals surface area contributed by atoms with E-state index in [1.54, 1.807) is 0 Å². The number of rotatable bonds is 4. The van der Waals surface area contributed by atoms with Gasteiger partial charge in [0.1, 0.15) is 11.5 Å². The number of benzene rings is 7. The van der Waals surface area contributed by atoms with Crippen molar-refractivity contribution in [3.05, 3.63) is 158 Å². The summed E-state index contributed by atoms with van der Waals surface area (Å²) in [5, 5.41) is 2.37. The summed E-state index contributed by atoms with van der Waals surface area (Å²) in [6.45, 7) is 0. The van der Waals surface area contributed by atoms with E-state index in [1.165, 1.54) is 60.8 Å². The van der Waals surface area contributed by atoms with Crippen LogP contribution < -0.4 is 4.74 Å². The van der Waals surface area contributed by atoms with Gasteiger partial charge in [0.25, 0.3) is 0 Å². The molecule has 0 bridgehead atoms. The first-order valence-corrected chi connectivity index (χ1v) is 14.0. The molecule has 0 amide bonds. The van der Waals surface area contributed by atoms with Crippen molar-refractivity contribution in [1.82, 2.24) is 0 Å². The molecule has 1 aliphatic heterocycles. The Morgan fingerprint density at radius 1 is 0.293 bits per heavy atom. The highest BCUT2D eigenvalue weighted by Crippen LogP contribution is 2.48. The Balaban J connectivity index is 1.30. The lowest BCUT2D eigenvalue weighted by molar-refractivity contribution is 0.487. The summed E-state index contributed by atoms with van der Waals surface area (Å²) in [7, 11) is 0. The first kappa shape index (κ1) is 23.5. The van der Waals surface area contributed by atoms with Gasteiger partial charge >= 0.3 is 0 Å². The molecular formula is C40H26O. The van der Waals surface area contributed by atoms with Gasteiger partial charge in [-0.3, -0.25) is 0 Å². The largest absolute Gasteiger partial charge is 0.456 e. The molecule has 7 aromatic carbocycles. The SMILES string of the molecule is c1ccc(-c2ccccc2-c2ccccc2-c2ccccc2-c2ccc3c(c2)-c2cccc4cccc(c24)O3)cc1. The molecule has 1 nitrogen and oxygen atoms in total. The van der Waals surface area contributed by atoms with E-state index in [2.05, 4.69) is 158 Å². The van der Waals surface area contributed by atoms with Gasteiger partial charge in [0.05, 0.1) is 0 Å². The van der Waals surface area contributed by atoms with Gasteiger partial charge < -0.3 is 4.74 Å². The van der Waals surface area contributed by atoms with E-state index >= 15 is 0 Å². The van der Waals surface area contributed by atoms with E-state index in [0.29, 0.717) is 0 Å². The number of ether oxygens (including phenoxy) is 1. The fourth-order valence-corrected chi connectivity index (χ4v) is 6.24. The zero-order valence-electron chi connectivity index (χ0n) is 22.4. The maximum atomic E-state index is 6.39. The molecule has 192 valence electrons. The van der Waals surface area contributed by atoms with Crippen LogP contribution in [-0.2, 0) is 0 Å². The quantitative estimate of drug-likeness (QED) is 0.223. The van der Waals surface area contributed by atoms with Crippen LogP contribution in [0, 0.1) is 0 Å². The molecule has 0 unspecified atom stereocenters.